The van der Waals surface area contributed by atoms with Gasteiger partial charge < -0.3 is 10.1 Å². The Balaban J connectivity index is 1.95. The molecule has 7 nitrogen and oxygen atoms in total. The molecule has 0 bridgehead atoms. The number of benzene rings is 1. The van der Waals surface area contributed by atoms with Crippen molar-refractivity contribution in [1.29, 1.82) is 0 Å². The van der Waals surface area contributed by atoms with Gasteiger partial charge in [0.1, 0.15) is 0 Å². The van der Waals surface area contributed by atoms with E-state index in [0.717, 1.165) is 23.6 Å². The number of hydrogen-bond donors (Lipinski definition) is 1. The van der Waals surface area contributed by atoms with Crippen molar-refractivity contribution in [2.24, 2.45) is 11.8 Å². The highest BCUT2D eigenvalue weighted by atomic mass is 32.2. The zero-order valence-electron chi connectivity index (χ0n) is 16.3. The van der Waals surface area contributed by atoms with Gasteiger partial charge in [0.25, 0.3) is 5.91 Å². The van der Waals surface area contributed by atoms with E-state index in [1.807, 2.05) is 0 Å². The number of carbonyl (C=O) groups excluding carboxylic acids is 2. The topological polar surface area (TPSA) is 92.8 Å². The molecule has 1 aromatic carbocycles. The molecule has 1 saturated carbocycles. The summed E-state index contributed by atoms with van der Waals surface area (Å²) in [6, 6.07) is 5.68. The van der Waals surface area contributed by atoms with Gasteiger partial charge in [-0.2, -0.15) is 0 Å². The average molecular weight is 397 g/mol. The maximum Gasteiger partial charge on any atom is 0.338 e. The van der Waals surface area contributed by atoms with E-state index in [1.54, 1.807) is 0 Å². The molecule has 150 valence electrons. The van der Waals surface area contributed by atoms with Gasteiger partial charge in [-0.15, -0.1) is 0 Å². The lowest BCUT2D eigenvalue weighted by molar-refractivity contribution is -0.125. The van der Waals surface area contributed by atoms with E-state index in [9.17, 15) is 18.0 Å². The molecule has 1 fully saturated rings. The summed E-state index contributed by atoms with van der Waals surface area (Å²) in [5.74, 6) is -0.142. The Morgan fingerprint density at radius 3 is 2.59 bits per heavy atom. The average Bonchev–Trinajstić information content (AvgIpc) is 2.63. The number of amides is 1. The van der Waals surface area contributed by atoms with Crippen molar-refractivity contribution < 1.29 is 22.7 Å². The van der Waals surface area contributed by atoms with Crippen molar-refractivity contribution in [3.8, 4) is 0 Å². The largest absolute Gasteiger partial charge is 0.452 e. The maximum atomic E-state index is 12.2. The molecule has 0 radical (unpaired) electrons. The summed E-state index contributed by atoms with van der Waals surface area (Å²) in [7, 11) is -0.820. The zero-order valence-corrected chi connectivity index (χ0v) is 17.1. The number of nitrogens with one attached hydrogen (secondary N) is 1. The number of nitrogens with zero attached hydrogens (tertiary/aromatic N) is 1. The minimum Gasteiger partial charge on any atom is -0.452 e. The lowest BCUT2D eigenvalue weighted by Gasteiger charge is -2.34. The third kappa shape index (κ3) is 5.29. The Hall–Kier alpha value is -1.93. The SMILES string of the molecule is C[C@H]1[C@H](C)CCC[C@@H]1NC(=O)COC(=O)c1cccc(S(=O)(=O)N(C)C)c1. The molecule has 3 atom stereocenters. The van der Waals surface area contributed by atoms with Crippen LogP contribution in [0.5, 0.6) is 0 Å². The number of ether oxygens (including phenoxy) is 1. The van der Waals surface area contributed by atoms with Crippen LogP contribution in [0.3, 0.4) is 0 Å². The quantitative estimate of drug-likeness (QED) is 0.743. The summed E-state index contributed by atoms with van der Waals surface area (Å²) < 4.78 is 30.5. The van der Waals surface area contributed by atoms with Crippen LogP contribution >= 0.6 is 0 Å². The Morgan fingerprint density at radius 1 is 1.22 bits per heavy atom. The van der Waals surface area contributed by atoms with Gasteiger partial charge in [-0.25, -0.2) is 17.5 Å². The summed E-state index contributed by atoms with van der Waals surface area (Å²) >= 11 is 0. The van der Waals surface area contributed by atoms with Crippen LogP contribution in [0.1, 0.15) is 43.5 Å². The van der Waals surface area contributed by atoms with E-state index in [-0.39, 0.29) is 29.0 Å². The molecular weight excluding hydrogens is 368 g/mol. The van der Waals surface area contributed by atoms with Crippen LogP contribution in [0.15, 0.2) is 29.2 Å². The highest BCUT2D eigenvalue weighted by Gasteiger charge is 2.28. The van der Waals surface area contributed by atoms with Crippen molar-refractivity contribution in [2.45, 2.75) is 44.0 Å². The van der Waals surface area contributed by atoms with E-state index in [0.29, 0.717) is 11.8 Å². The van der Waals surface area contributed by atoms with Crippen molar-refractivity contribution in [1.82, 2.24) is 9.62 Å². The second-order valence-electron chi connectivity index (χ2n) is 7.33. The summed E-state index contributed by atoms with van der Waals surface area (Å²) in [5, 5.41) is 2.94. The fraction of sp³-hybridized carbons (Fsp3) is 0.579. The molecule has 0 aliphatic heterocycles. The number of esters is 1. The first-order valence-corrected chi connectivity index (χ1v) is 10.6. The first-order chi connectivity index (χ1) is 12.6. The minimum absolute atomic E-state index is 0.00332. The Labute approximate surface area is 161 Å². The molecule has 1 N–H and O–H groups in total. The van der Waals surface area contributed by atoms with E-state index in [4.69, 9.17) is 4.74 Å². The lowest BCUT2D eigenvalue weighted by atomic mass is 9.78. The number of sulfonamides is 1. The molecular formula is C19H28N2O5S. The monoisotopic (exact) mass is 396 g/mol. The van der Waals surface area contributed by atoms with Gasteiger partial charge in [-0.05, 0) is 36.5 Å². The van der Waals surface area contributed by atoms with Crippen molar-refractivity contribution in [2.75, 3.05) is 20.7 Å². The number of rotatable bonds is 6. The van der Waals surface area contributed by atoms with Crippen LogP contribution in [0.4, 0.5) is 0 Å². The van der Waals surface area contributed by atoms with E-state index in [2.05, 4.69) is 19.2 Å². The molecule has 1 amide bonds. The molecule has 0 aromatic heterocycles. The van der Waals surface area contributed by atoms with Crippen LogP contribution in [-0.2, 0) is 19.6 Å². The lowest BCUT2D eigenvalue weighted by Crippen LogP contribution is -2.45. The molecule has 1 aromatic rings. The smallest absolute Gasteiger partial charge is 0.338 e. The van der Waals surface area contributed by atoms with Gasteiger partial charge in [-0.1, -0.05) is 32.8 Å². The fourth-order valence-electron chi connectivity index (χ4n) is 3.24. The van der Waals surface area contributed by atoms with Crippen molar-refractivity contribution in [3.63, 3.8) is 0 Å². The van der Waals surface area contributed by atoms with Gasteiger partial charge in [-0.3, -0.25) is 4.79 Å². The zero-order chi connectivity index (χ0) is 20.2. The second-order valence-corrected chi connectivity index (χ2v) is 9.48. The van der Waals surface area contributed by atoms with Crippen molar-refractivity contribution >= 4 is 21.9 Å². The molecule has 27 heavy (non-hydrogen) atoms. The summed E-state index contributed by atoms with van der Waals surface area (Å²) in [6.45, 7) is 3.91. The van der Waals surface area contributed by atoms with Gasteiger partial charge in [0.15, 0.2) is 6.61 Å². The van der Waals surface area contributed by atoms with Crippen LogP contribution in [0.2, 0.25) is 0 Å². The maximum absolute atomic E-state index is 12.2. The van der Waals surface area contributed by atoms with E-state index >= 15 is 0 Å². The molecule has 0 saturated heterocycles. The van der Waals surface area contributed by atoms with Gasteiger partial charge in [0, 0.05) is 20.1 Å². The first kappa shape index (κ1) is 21.4. The molecule has 0 spiro atoms. The molecule has 1 aliphatic carbocycles. The molecule has 0 heterocycles. The second kappa shape index (κ2) is 8.84. The Morgan fingerprint density at radius 2 is 1.93 bits per heavy atom. The first-order valence-electron chi connectivity index (χ1n) is 9.12. The van der Waals surface area contributed by atoms with Gasteiger partial charge in [0.2, 0.25) is 10.0 Å². The third-order valence-electron chi connectivity index (χ3n) is 5.24. The summed E-state index contributed by atoms with van der Waals surface area (Å²) in [5.41, 5.74) is 0.0883. The van der Waals surface area contributed by atoms with Crippen LogP contribution in [-0.4, -0.2) is 51.3 Å². The third-order valence-corrected chi connectivity index (χ3v) is 7.05. The molecule has 0 unspecified atom stereocenters. The predicted octanol–water partition coefficient (Wildman–Crippen LogP) is 2.03. The van der Waals surface area contributed by atoms with E-state index < -0.39 is 16.0 Å². The standard InChI is InChI=1S/C19H28N2O5S/c1-13-7-5-10-17(14(13)2)20-18(22)12-26-19(23)15-8-6-9-16(11-15)27(24,25)21(3)4/h6,8-9,11,13-14,17H,5,7,10,12H2,1-4H3,(H,20,22)/t13-,14+,17+/m1/s1. The van der Waals surface area contributed by atoms with Crippen LogP contribution in [0, 0.1) is 11.8 Å². The van der Waals surface area contributed by atoms with E-state index in [1.165, 1.54) is 38.4 Å². The minimum atomic E-state index is -3.65. The molecule has 2 rings (SSSR count). The summed E-state index contributed by atoms with van der Waals surface area (Å²) in [4.78, 5) is 24.3. The highest BCUT2D eigenvalue weighted by molar-refractivity contribution is 7.89. The summed E-state index contributed by atoms with van der Waals surface area (Å²) in [6.07, 6.45) is 3.16. The Kier molecular flexibility index (Phi) is 7.00. The highest BCUT2D eigenvalue weighted by Crippen LogP contribution is 2.29. The normalized spacial score (nSPS) is 23.1. The van der Waals surface area contributed by atoms with Gasteiger partial charge in [0.05, 0.1) is 10.5 Å². The number of carbonyl (C=O) groups is 2. The van der Waals surface area contributed by atoms with Crippen LogP contribution < -0.4 is 5.32 Å². The Bertz CT molecular complexity index is 791. The molecule has 1 aliphatic rings. The number of hydrogen-bond acceptors (Lipinski definition) is 5. The van der Waals surface area contributed by atoms with Crippen LogP contribution in [0.25, 0.3) is 0 Å². The predicted molar refractivity (Wildman–Crippen MR) is 102 cm³/mol. The van der Waals surface area contributed by atoms with Gasteiger partial charge >= 0.3 is 5.97 Å². The fourth-order valence-corrected chi connectivity index (χ4v) is 4.19. The van der Waals surface area contributed by atoms with Crippen molar-refractivity contribution in [3.05, 3.63) is 29.8 Å². The molecule has 8 heteroatoms.